The first-order valence-electron chi connectivity index (χ1n) is 6.76. The van der Waals surface area contributed by atoms with Gasteiger partial charge in [-0.25, -0.2) is 4.57 Å². The summed E-state index contributed by atoms with van der Waals surface area (Å²) in [4.78, 5) is 40.0. The van der Waals surface area contributed by atoms with Crippen molar-refractivity contribution in [3.63, 3.8) is 0 Å². The SMILES string of the molecule is C[C@@](O)(CCO)CC(=O)OC(=O)C[C@](C)(O)CCOP(=O)(O)O. The molecular weight excluding hydrogens is 335 g/mol. The van der Waals surface area contributed by atoms with E-state index in [2.05, 4.69) is 9.26 Å². The minimum Gasteiger partial charge on any atom is -0.396 e. The molecule has 0 aliphatic heterocycles. The predicted octanol–water partition coefficient (Wildman–Crippen LogP) is -0.780. The third kappa shape index (κ3) is 12.2. The molecule has 0 heterocycles. The Morgan fingerprint density at radius 3 is 1.83 bits per heavy atom. The van der Waals surface area contributed by atoms with Gasteiger partial charge in [-0.1, -0.05) is 0 Å². The van der Waals surface area contributed by atoms with Gasteiger partial charge in [-0.3, -0.25) is 14.1 Å². The van der Waals surface area contributed by atoms with Crippen molar-refractivity contribution >= 4 is 19.8 Å². The summed E-state index contributed by atoms with van der Waals surface area (Å²) in [6, 6.07) is 0. The van der Waals surface area contributed by atoms with Crippen molar-refractivity contribution in [2.45, 2.75) is 50.7 Å². The van der Waals surface area contributed by atoms with E-state index in [0.29, 0.717) is 0 Å². The third-order valence-electron chi connectivity index (χ3n) is 2.83. The highest BCUT2D eigenvalue weighted by Gasteiger charge is 2.30. The van der Waals surface area contributed by atoms with Crippen LogP contribution in [-0.2, 0) is 23.4 Å². The highest BCUT2D eigenvalue weighted by atomic mass is 31.2. The second kappa shape index (κ2) is 8.84. The number of carbonyl (C=O) groups is 2. The lowest BCUT2D eigenvalue weighted by atomic mass is 9.98. The Labute approximate surface area is 133 Å². The summed E-state index contributed by atoms with van der Waals surface area (Å²) in [5.74, 6) is -2.08. The molecule has 0 saturated carbocycles. The van der Waals surface area contributed by atoms with E-state index < -0.39 is 50.4 Å². The molecular formula is C12H23O10P. The maximum absolute atomic E-state index is 11.5. The van der Waals surface area contributed by atoms with Gasteiger partial charge in [0.1, 0.15) is 0 Å². The normalized spacial score (nSPS) is 17.2. The molecule has 0 rings (SSSR count). The third-order valence-corrected chi connectivity index (χ3v) is 3.35. The van der Waals surface area contributed by atoms with E-state index in [1.807, 2.05) is 0 Å². The van der Waals surface area contributed by atoms with Crippen LogP contribution in [0, 0.1) is 0 Å². The van der Waals surface area contributed by atoms with E-state index >= 15 is 0 Å². The summed E-state index contributed by atoms with van der Waals surface area (Å²) in [6.45, 7) is 1.67. The molecule has 0 amide bonds. The Kier molecular flexibility index (Phi) is 8.50. The highest BCUT2D eigenvalue weighted by molar-refractivity contribution is 7.46. The van der Waals surface area contributed by atoms with Gasteiger partial charge in [-0.05, 0) is 20.3 Å². The minimum absolute atomic E-state index is 0.0757. The zero-order valence-corrected chi connectivity index (χ0v) is 13.9. The zero-order chi connectivity index (χ0) is 18.3. The molecule has 0 aliphatic rings. The van der Waals surface area contributed by atoms with E-state index in [9.17, 15) is 24.4 Å². The lowest BCUT2D eigenvalue weighted by Crippen LogP contribution is -2.33. The molecule has 0 aromatic heterocycles. The van der Waals surface area contributed by atoms with Crippen LogP contribution in [0.15, 0.2) is 0 Å². The van der Waals surface area contributed by atoms with Gasteiger partial charge in [0.25, 0.3) is 0 Å². The molecule has 0 aromatic carbocycles. The van der Waals surface area contributed by atoms with Crippen LogP contribution < -0.4 is 0 Å². The van der Waals surface area contributed by atoms with Crippen LogP contribution in [0.1, 0.15) is 39.5 Å². The van der Waals surface area contributed by atoms with Crippen LogP contribution in [-0.4, -0.2) is 61.5 Å². The topological polar surface area (TPSA) is 171 Å². The summed E-state index contributed by atoms with van der Waals surface area (Å²) in [5, 5.41) is 28.3. The minimum atomic E-state index is -4.67. The Balaban J connectivity index is 4.31. The lowest BCUT2D eigenvalue weighted by Gasteiger charge is -2.23. The molecule has 0 spiro atoms. The molecule has 10 nitrogen and oxygen atoms in total. The standard InChI is InChI=1S/C12H23O10P/c1-11(16,3-5-13)7-9(14)22-10(15)8-12(2,17)4-6-21-23(18,19)20/h13,16-17H,3-8H2,1-2H3,(H2,18,19,20)/t11-,12-/m1/s1. The quantitative estimate of drug-likeness (QED) is 0.189. The Bertz CT molecular complexity index is 453. The van der Waals surface area contributed by atoms with E-state index in [4.69, 9.17) is 14.9 Å². The second-order valence-electron chi connectivity index (χ2n) is 5.74. The maximum Gasteiger partial charge on any atom is 0.469 e. The van der Waals surface area contributed by atoms with E-state index in [1.165, 1.54) is 13.8 Å². The molecule has 0 saturated heterocycles. The molecule has 0 radical (unpaired) electrons. The van der Waals surface area contributed by atoms with Gasteiger partial charge in [0, 0.05) is 13.0 Å². The first kappa shape index (κ1) is 22.1. The second-order valence-corrected chi connectivity index (χ2v) is 6.98. The van der Waals surface area contributed by atoms with Gasteiger partial charge in [0.2, 0.25) is 0 Å². The fourth-order valence-electron chi connectivity index (χ4n) is 1.62. The Morgan fingerprint density at radius 1 is 1.00 bits per heavy atom. The van der Waals surface area contributed by atoms with Crippen LogP contribution in [0.3, 0.4) is 0 Å². The van der Waals surface area contributed by atoms with Crippen LogP contribution in [0.25, 0.3) is 0 Å². The first-order valence-corrected chi connectivity index (χ1v) is 8.29. The average molecular weight is 358 g/mol. The van der Waals surface area contributed by atoms with Crippen LogP contribution in [0.2, 0.25) is 0 Å². The lowest BCUT2D eigenvalue weighted by molar-refractivity contribution is -0.165. The molecule has 5 N–H and O–H groups in total. The highest BCUT2D eigenvalue weighted by Crippen LogP contribution is 2.36. The number of aliphatic hydroxyl groups excluding tert-OH is 1. The molecule has 2 atom stereocenters. The van der Waals surface area contributed by atoms with Crippen molar-refractivity contribution in [1.29, 1.82) is 0 Å². The molecule has 23 heavy (non-hydrogen) atoms. The summed E-state index contributed by atoms with van der Waals surface area (Å²) in [7, 11) is -4.67. The van der Waals surface area contributed by atoms with Gasteiger partial charge in [-0.2, -0.15) is 0 Å². The van der Waals surface area contributed by atoms with Gasteiger partial charge in [0.15, 0.2) is 0 Å². The van der Waals surface area contributed by atoms with Crippen molar-refractivity contribution in [2.75, 3.05) is 13.2 Å². The van der Waals surface area contributed by atoms with E-state index in [-0.39, 0.29) is 19.4 Å². The zero-order valence-electron chi connectivity index (χ0n) is 13.0. The van der Waals surface area contributed by atoms with Gasteiger partial charge in [0.05, 0.1) is 30.7 Å². The smallest absolute Gasteiger partial charge is 0.396 e. The Morgan fingerprint density at radius 2 is 1.43 bits per heavy atom. The number of phosphoric ester groups is 1. The Hall–Kier alpha value is -0.870. The van der Waals surface area contributed by atoms with Crippen molar-refractivity contribution in [2.24, 2.45) is 0 Å². The largest absolute Gasteiger partial charge is 0.469 e. The number of ether oxygens (including phenoxy) is 1. The monoisotopic (exact) mass is 358 g/mol. The molecule has 0 unspecified atom stereocenters. The fraction of sp³-hybridized carbons (Fsp3) is 0.833. The molecule has 0 bridgehead atoms. The van der Waals surface area contributed by atoms with E-state index in [1.54, 1.807) is 0 Å². The maximum atomic E-state index is 11.5. The van der Waals surface area contributed by atoms with Crippen molar-refractivity contribution in [3.05, 3.63) is 0 Å². The van der Waals surface area contributed by atoms with Crippen LogP contribution in [0.4, 0.5) is 0 Å². The van der Waals surface area contributed by atoms with Crippen LogP contribution in [0.5, 0.6) is 0 Å². The summed E-state index contributed by atoms with van der Waals surface area (Å²) in [5.41, 5.74) is -3.22. The molecule has 0 aromatic rings. The van der Waals surface area contributed by atoms with Crippen molar-refractivity contribution in [3.8, 4) is 0 Å². The van der Waals surface area contributed by atoms with Gasteiger partial charge in [-0.15, -0.1) is 0 Å². The molecule has 11 heteroatoms. The number of aliphatic hydroxyl groups is 3. The van der Waals surface area contributed by atoms with Gasteiger partial charge >= 0.3 is 19.8 Å². The van der Waals surface area contributed by atoms with Crippen molar-refractivity contribution < 1.29 is 48.5 Å². The number of rotatable bonds is 10. The van der Waals surface area contributed by atoms with Crippen molar-refractivity contribution in [1.82, 2.24) is 0 Å². The summed E-state index contributed by atoms with van der Waals surface area (Å²) in [6.07, 6.45) is -1.47. The average Bonchev–Trinajstić information content (AvgIpc) is 2.23. The molecule has 0 aliphatic carbocycles. The molecule has 136 valence electrons. The first-order chi connectivity index (χ1) is 10.3. The number of carbonyl (C=O) groups excluding carboxylic acids is 2. The summed E-state index contributed by atoms with van der Waals surface area (Å²) < 4.78 is 19.1. The van der Waals surface area contributed by atoms with Gasteiger partial charge < -0.3 is 29.8 Å². The number of hydrogen-bond donors (Lipinski definition) is 5. The number of esters is 2. The predicted molar refractivity (Wildman–Crippen MR) is 75.9 cm³/mol. The summed E-state index contributed by atoms with van der Waals surface area (Å²) >= 11 is 0. The number of phosphoric acid groups is 1. The number of hydrogen-bond acceptors (Lipinski definition) is 8. The van der Waals surface area contributed by atoms with Crippen LogP contribution >= 0.6 is 7.82 Å². The fourth-order valence-corrected chi connectivity index (χ4v) is 1.95. The molecule has 0 fully saturated rings. The van der Waals surface area contributed by atoms with E-state index in [0.717, 1.165) is 0 Å².